The predicted molar refractivity (Wildman–Crippen MR) is 92.0 cm³/mol. The Balaban J connectivity index is 2.32. The van der Waals surface area contributed by atoms with Crippen molar-refractivity contribution in [2.45, 2.75) is 6.04 Å². The number of methoxy groups -OCH3 is 2. The summed E-state index contributed by atoms with van der Waals surface area (Å²) < 4.78 is 9.93. The number of rotatable bonds is 6. The Kier molecular flexibility index (Phi) is 5.66. The number of esters is 1. The summed E-state index contributed by atoms with van der Waals surface area (Å²) in [5, 5.41) is 3.86. The molecule has 1 N–H and O–H groups in total. The second-order valence-electron chi connectivity index (χ2n) is 4.88. The zero-order chi connectivity index (χ0) is 16.8. The van der Waals surface area contributed by atoms with Crippen LogP contribution in [0, 0.1) is 0 Å². The van der Waals surface area contributed by atoms with E-state index < -0.39 is 12.0 Å². The fraction of sp³-hybridized carbons (Fsp3) is 0.167. The van der Waals surface area contributed by atoms with Gasteiger partial charge < -0.3 is 14.8 Å². The van der Waals surface area contributed by atoms with Gasteiger partial charge in [-0.3, -0.25) is 0 Å². The standard InChI is InChI=1S/C18H18ClNO3/c1-12(18(21)23-3)17(13-5-4-6-14(19)11-13)20-15-7-9-16(22-2)10-8-15/h4-11,17,20H,1H2,2-3H3. The van der Waals surface area contributed by atoms with E-state index in [9.17, 15) is 4.79 Å². The van der Waals surface area contributed by atoms with Crippen molar-refractivity contribution in [3.63, 3.8) is 0 Å². The van der Waals surface area contributed by atoms with Crippen molar-refractivity contribution in [1.29, 1.82) is 0 Å². The summed E-state index contributed by atoms with van der Waals surface area (Å²) >= 11 is 6.06. The van der Waals surface area contributed by atoms with Crippen LogP contribution in [0.3, 0.4) is 0 Å². The summed E-state index contributed by atoms with van der Waals surface area (Å²) in [6.45, 7) is 3.86. The van der Waals surface area contributed by atoms with Crippen LogP contribution < -0.4 is 10.1 Å². The maximum atomic E-state index is 11.9. The van der Waals surface area contributed by atoms with Gasteiger partial charge in [-0.05, 0) is 42.0 Å². The van der Waals surface area contributed by atoms with Crippen molar-refractivity contribution in [2.24, 2.45) is 0 Å². The average Bonchev–Trinajstić information content (AvgIpc) is 2.58. The summed E-state index contributed by atoms with van der Waals surface area (Å²) in [5.74, 6) is 0.276. The molecule has 0 saturated carbocycles. The Morgan fingerprint density at radius 2 is 1.87 bits per heavy atom. The molecule has 0 aliphatic heterocycles. The minimum absolute atomic E-state index is 0.297. The quantitative estimate of drug-likeness (QED) is 0.635. The van der Waals surface area contributed by atoms with Gasteiger partial charge in [0.1, 0.15) is 5.75 Å². The predicted octanol–water partition coefficient (Wildman–Crippen LogP) is 4.23. The lowest BCUT2D eigenvalue weighted by Crippen LogP contribution is -2.19. The van der Waals surface area contributed by atoms with E-state index in [0.29, 0.717) is 10.6 Å². The Morgan fingerprint density at radius 1 is 1.17 bits per heavy atom. The van der Waals surface area contributed by atoms with Gasteiger partial charge in [0, 0.05) is 10.7 Å². The lowest BCUT2D eigenvalue weighted by Gasteiger charge is -2.21. The molecule has 0 amide bonds. The highest BCUT2D eigenvalue weighted by Crippen LogP contribution is 2.29. The summed E-state index contributed by atoms with van der Waals surface area (Å²) in [5.41, 5.74) is 1.94. The molecule has 0 radical (unpaired) electrons. The minimum atomic E-state index is -0.476. The molecule has 0 aliphatic rings. The molecular formula is C18H18ClNO3. The second kappa shape index (κ2) is 7.70. The first-order valence-electron chi connectivity index (χ1n) is 6.98. The van der Waals surface area contributed by atoms with Crippen molar-refractivity contribution in [2.75, 3.05) is 19.5 Å². The van der Waals surface area contributed by atoms with Crippen molar-refractivity contribution in [3.05, 3.63) is 71.3 Å². The van der Waals surface area contributed by atoms with Crippen LogP contribution in [0.15, 0.2) is 60.7 Å². The molecule has 23 heavy (non-hydrogen) atoms. The molecule has 1 atom stereocenters. The van der Waals surface area contributed by atoms with Gasteiger partial charge in [-0.2, -0.15) is 0 Å². The molecule has 0 aliphatic carbocycles. The summed E-state index contributed by atoms with van der Waals surface area (Å²) in [4.78, 5) is 11.9. The normalized spacial score (nSPS) is 11.4. The van der Waals surface area contributed by atoms with E-state index in [4.69, 9.17) is 21.1 Å². The molecule has 2 aromatic rings. The molecule has 120 valence electrons. The second-order valence-corrected chi connectivity index (χ2v) is 5.31. The molecule has 0 fully saturated rings. The topological polar surface area (TPSA) is 47.6 Å². The number of anilines is 1. The maximum Gasteiger partial charge on any atom is 0.335 e. The van der Waals surface area contributed by atoms with E-state index in [1.54, 1.807) is 19.2 Å². The van der Waals surface area contributed by atoms with Crippen molar-refractivity contribution >= 4 is 23.3 Å². The third-order valence-corrected chi connectivity index (χ3v) is 3.61. The number of carbonyl (C=O) groups is 1. The highest BCUT2D eigenvalue weighted by molar-refractivity contribution is 6.30. The van der Waals surface area contributed by atoms with Crippen LogP contribution in [-0.4, -0.2) is 20.2 Å². The monoisotopic (exact) mass is 331 g/mol. The van der Waals surface area contributed by atoms with Gasteiger partial charge in [0.05, 0.1) is 25.8 Å². The third kappa shape index (κ3) is 4.27. The third-order valence-electron chi connectivity index (χ3n) is 3.38. The molecule has 4 nitrogen and oxygen atoms in total. The fourth-order valence-corrected chi connectivity index (χ4v) is 2.36. The number of nitrogens with one attached hydrogen (secondary N) is 1. The molecule has 5 heteroatoms. The van der Waals surface area contributed by atoms with Crippen LogP contribution in [0.25, 0.3) is 0 Å². The maximum absolute atomic E-state index is 11.9. The number of ether oxygens (including phenoxy) is 2. The SMILES string of the molecule is C=C(C(=O)OC)C(Nc1ccc(OC)cc1)c1cccc(Cl)c1. The van der Waals surface area contributed by atoms with E-state index >= 15 is 0 Å². The molecule has 0 saturated heterocycles. The van der Waals surface area contributed by atoms with Gasteiger partial charge in [-0.15, -0.1) is 0 Å². The lowest BCUT2D eigenvalue weighted by atomic mass is 9.99. The molecule has 2 aromatic carbocycles. The number of benzene rings is 2. The van der Waals surface area contributed by atoms with Crippen molar-refractivity contribution < 1.29 is 14.3 Å². The van der Waals surface area contributed by atoms with Gasteiger partial charge >= 0.3 is 5.97 Å². The first-order chi connectivity index (χ1) is 11.0. The van der Waals surface area contributed by atoms with E-state index in [1.807, 2.05) is 36.4 Å². The highest BCUT2D eigenvalue weighted by Gasteiger charge is 2.21. The zero-order valence-electron chi connectivity index (χ0n) is 13.0. The largest absolute Gasteiger partial charge is 0.497 e. The van der Waals surface area contributed by atoms with Crippen molar-refractivity contribution in [3.8, 4) is 5.75 Å². The van der Waals surface area contributed by atoms with Crippen LogP contribution in [0.4, 0.5) is 5.69 Å². The lowest BCUT2D eigenvalue weighted by molar-refractivity contribution is -0.136. The number of hydrogen-bond donors (Lipinski definition) is 1. The van der Waals surface area contributed by atoms with Crippen LogP contribution in [0.5, 0.6) is 5.75 Å². The number of halogens is 1. The van der Waals surface area contributed by atoms with Crippen molar-refractivity contribution in [1.82, 2.24) is 0 Å². The Labute approximate surface area is 140 Å². The van der Waals surface area contributed by atoms with Gasteiger partial charge in [0.25, 0.3) is 0 Å². The van der Waals surface area contributed by atoms with Crippen LogP contribution in [0.2, 0.25) is 5.02 Å². The van der Waals surface area contributed by atoms with E-state index in [2.05, 4.69) is 11.9 Å². The molecule has 0 heterocycles. The Hall–Kier alpha value is -2.46. The highest BCUT2D eigenvalue weighted by atomic mass is 35.5. The number of hydrogen-bond acceptors (Lipinski definition) is 4. The molecule has 0 bridgehead atoms. The van der Waals surface area contributed by atoms with E-state index in [1.165, 1.54) is 7.11 Å². The molecule has 0 spiro atoms. The molecular weight excluding hydrogens is 314 g/mol. The first kappa shape index (κ1) is 16.9. The summed E-state index contributed by atoms with van der Waals surface area (Å²) in [6.07, 6.45) is 0. The molecule has 2 rings (SSSR count). The number of carbonyl (C=O) groups excluding carboxylic acids is 1. The summed E-state index contributed by atoms with van der Waals surface area (Å²) in [7, 11) is 2.94. The zero-order valence-corrected chi connectivity index (χ0v) is 13.8. The minimum Gasteiger partial charge on any atom is -0.497 e. The first-order valence-corrected chi connectivity index (χ1v) is 7.36. The fourth-order valence-electron chi connectivity index (χ4n) is 2.16. The van der Waals surface area contributed by atoms with Crippen LogP contribution in [-0.2, 0) is 9.53 Å². The smallest absolute Gasteiger partial charge is 0.335 e. The Bertz CT molecular complexity index is 698. The Morgan fingerprint density at radius 3 is 2.43 bits per heavy atom. The summed E-state index contributed by atoms with van der Waals surface area (Å²) in [6, 6.07) is 14.2. The molecule has 0 aromatic heterocycles. The van der Waals surface area contributed by atoms with Gasteiger partial charge in [0.15, 0.2) is 0 Å². The van der Waals surface area contributed by atoms with Gasteiger partial charge in [-0.25, -0.2) is 4.79 Å². The van der Waals surface area contributed by atoms with Crippen LogP contribution >= 0.6 is 11.6 Å². The average molecular weight is 332 g/mol. The molecule has 1 unspecified atom stereocenters. The van der Waals surface area contributed by atoms with Gasteiger partial charge in [-0.1, -0.05) is 30.3 Å². The van der Waals surface area contributed by atoms with E-state index in [0.717, 1.165) is 17.0 Å². The van der Waals surface area contributed by atoms with Gasteiger partial charge in [0.2, 0.25) is 0 Å². The van der Waals surface area contributed by atoms with Crippen LogP contribution in [0.1, 0.15) is 11.6 Å². The van der Waals surface area contributed by atoms with E-state index in [-0.39, 0.29) is 0 Å².